The highest BCUT2D eigenvalue weighted by Crippen LogP contribution is 2.31. The fourth-order valence-corrected chi connectivity index (χ4v) is 1.93. The second-order valence-corrected chi connectivity index (χ2v) is 4.84. The lowest BCUT2D eigenvalue weighted by atomic mass is 10.1. The Morgan fingerprint density at radius 2 is 2.05 bits per heavy atom. The van der Waals surface area contributed by atoms with Crippen molar-refractivity contribution in [3.63, 3.8) is 0 Å². The van der Waals surface area contributed by atoms with Gasteiger partial charge in [0.1, 0.15) is 11.5 Å². The van der Waals surface area contributed by atoms with E-state index in [0.717, 1.165) is 12.5 Å². The molecule has 118 valence electrons. The Balaban J connectivity index is 3.47. The number of nitrogens with zero attached hydrogens (tertiary/aromatic N) is 3. The molecule has 1 aromatic heterocycles. The molecule has 0 amide bonds. The molecule has 5 nitrogen and oxygen atoms in total. The predicted octanol–water partition coefficient (Wildman–Crippen LogP) is 2.82. The number of aromatic nitrogens is 1. The summed E-state index contributed by atoms with van der Waals surface area (Å²) in [4.78, 5) is 5.38. The van der Waals surface area contributed by atoms with Gasteiger partial charge < -0.3 is 15.8 Å². The number of alkyl halides is 3. The van der Waals surface area contributed by atoms with Crippen LogP contribution in [-0.2, 0) is 6.18 Å². The fraction of sp³-hybridized carbons (Fsp3) is 0.538. The first kappa shape index (κ1) is 17.1. The number of anilines is 1. The van der Waals surface area contributed by atoms with Crippen LogP contribution < -0.4 is 10.6 Å². The third-order valence-electron chi connectivity index (χ3n) is 2.91. The molecule has 0 aromatic carbocycles. The lowest BCUT2D eigenvalue weighted by Crippen LogP contribution is -2.35. The molecule has 1 aromatic rings. The van der Waals surface area contributed by atoms with Crippen molar-refractivity contribution >= 4 is 11.7 Å². The molecule has 0 saturated carbocycles. The SMILES string of the molecule is CCCN(c1nc(C(F)(F)F)ccc1C(N)=NO)C(C)C. The molecule has 0 aliphatic heterocycles. The van der Waals surface area contributed by atoms with Gasteiger partial charge in [0, 0.05) is 12.6 Å². The van der Waals surface area contributed by atoms with Crippen molar-refractivity contribution in [2.45, 2.75) is 39.4 Å². The summed E-state index contributed by atoms with van der Waals surface area (Å²) < 4.78 is 38.5. The van der Waals surface area contributed by atoms with E-state index in [1.54, 1.807) is 4.90 Å². The van der Waals surface area contributed by atoms with Crippen LogP contribution in [0.5, 0.6) is 0 Å². The van der Waals surface area contributed by atoms with E-state index in [9.17, 15) is 13.2 Å². The fourth-order valence-electron chi connectivity index (χ4n) is 1.93. The number of hydrogen-bond acceptors (Lipinski definition) is 4. The van der Waals surface area contributed by atoms with E-state index in [4.69, 9.17) is 10.9 Å². The van der Waals surface area contributed by atoms with Crippen molar-refractivity contribution in [2.75, 3.05) is 11.4 Å². The highest BCUT2D eigenvalue weighted by atomic mass is 19.4. The van der Waals surface area contributed by atoms with Gasteiger partial charge in [-0.1, -0.05) is 12.1 Å². The van der Waals surface area contributed by atoms with E-state index in [-0.39, 0.29) is 23.3 Å². The maximum atomic E-state index is 12.8. The molecule has 0 saturated heterocycles. The molecule has 8 heteroatoms. The summed E-state index contributed by atoms with van der Waals surface area (Å²) in [5.74, 6) is -0.204. The quantitative estimate of drug-likeness (QED) is 0.380. The van der Waals surface area contributed by atoms with Crippen molar-refractivity contribution in [1.82, 2.24) is 4.98 Å². The van der Waals surface area contributed by atoms with E-state index < -0.39 is 11.9 Å². The molecule has 0 fully saturated rings. The van der Waals surface area contributed by atoms with E-state index in [1.807, 2.05) is 20.8 Å². The normalized spacial score (nSPS) is 12.8. The van der Waals surface area contributed by atoms with Crippen LogP contribution in [0.25, 0.3) is 0 Å². The summed E-state index contributed by atoms with van der Waals surface area (Å²) in [6, 6.07) is 1.92. The maximum absolute atomic E-state index is 12.8. The van der Waals surface area contributed by atoms with Crippen LogP contribution in [0.1, 0.15) is 38.4 Å². The van der Waals surface area contributed by atoms with Crippen LogP contribution in [0.4, 0.5) is 19.0 Å². The second kappa shape index (κ2) is 6.64. The van der Waals surface area contributed by atoms with Gasteiger partial charge in [-0.2, -0.15) is 13.2 Å². The highest BCUT2D eigenvalue weighted by Gasteiger charge is 2.34. The van der Waals surface area contributed by atoms with Crippen LogP contribution in [0, 0.1) is 0 Å². The first-order chi connectivity index (χ1) is 9.72. The first-order valence-electron chi connectivity index (χ1n) is 6.55. The van der Waals surface area contributed by atoms with E-state index in [0.29, 0.717) is 6.54 Å². The minimum atomic E-state index is -4.55. The molecule has 0 bridgehead atoms. The van der Waals surface area contributed by atoms with Crippen molar-refractivity contribution in [1.29, 1.82) is 0 Å². The summed E-state index contributed by atoms with van der Waals surface area (Å²) in [5, 5.41) is 11.6. The minimum Gasteiger partial charge on any atom is -0.409 e. The molecule has 1 rings (SSSR count). The Morgan fingerprint density at radius 1 is 1.43 bits per heavy atom. The minimum absolute atomic E-state index is 0.0666. The van der Waals surface area contributed by atoms with Crippen LogP contribution in [0.2, 0.25) is 0 Å². The Bertz CT molecular complexity index is 515. The molecule has 0 unspecified atom stereocenters. The summed E-state index contributed by atoms with van der Waals surface area (Å²) in [6.07, 6.45) is -3.82. The Morgan fingerprint density at radius 3 is 2.48 bits per heavy atom. The zero-order valence-corrected chi connectivity index (χ0v) is 12.1. The molecule has 21 heavy (non-hydrogen) atoms. The van der Waals surface area contributed by atoms with Gasteiger partial charge in [-0.15, -0.1) is 0 Å². The molecule has 1 heterocycles. The Labute approximate surface area is 121 Å². The Hall–Kier alpha value is -1.99. The number of rotatable bonds is 5. The molecule has 0 atom stereocenters. The summed E-state index contributed by atoms with van der Waals surface area (Å²) in [7, 11) is 0. The zero-order valence-electron chi connectivity index (χ0n) is 12.1. The van der Waals surface area contributed by atoms with Crippen LogP contribution in [0.3, 0.4) is 0 Å². The van der Waals surface area contributed by atoms with Crippen LogP contribution >= 0.6 is 0 Å². The van der Waals surface area contributed by atoms with Gasteiger partial charge in [0.25, 0.3) is 0 Å². The largest absolute Gasteiger partial charge is 0.433 e. The molecule has 0 aliphatic rings. The van der Waals surface area contributed by atoms with E-state index in [1.165, 1.54) is 6.07 Å². The average Bonchev–Trinajstić information content (AvgIpc) is 2.42. The standard InChI is InChI=1S/C13H19F3N4O/c1-4-7-20(8(2)3)12-9(11(17)19-21)5-6-10(18-12)13(14,15)16/h5-6,8,21H,4,7H2,1-3H3,(H2,17,19). The smallest absolute Gasteiger partial charge is 0.409 e. The van der Waals surface area contributed by atoms with Gasteiger partial charge in [-0.3, -0.25) is 0 Å². The monoisotopic (exact) mass is 304 g/mol. The molecular formula is C13H19F3N4O. The van der Waals surface area contributed by atoms with Gasteiger partial charge in [-0.05, 0) is 32.4 Å². The zero-order chi connectivity index (χ0) is 16.2. The third kappa shape index (κ3) is 3.99. The molecule has 0 aliphatic carbocycles. The van der Waals surface area contributed by atoms with Gasteiger partial charge in [0.15, 0.2) is 5.84 Å². The van der Waals surface area contributed by atoms with Gasteiger partial charge in [0.2, 0.25) is 0 Å². The van der Waals surface area contributed by atoms with Gasteiger partial charge >= 0.3 is 6.18 Å². The number of pyridine rings is 1. The second-order valence-electron chi connectivity index (χ2n) is 4.84. The molecule has 0 spiro atoms. The van der Waals surface area contributed by atoms with Gasteiger partial charge in [0.05, 0.1) is 5.56 Å². The van der Waals surface area contributed by atoms with Crippen molar-refractivity contribution < 1.29 is 18.4 Å². The van der Waals surface area contributed by atoms with E-state index in [2.05, 4.69) is 10.1 Å². The maximum Gasteiger partial charge on any atom is 0.433 e. The number of halogens is 3. The number of oxime groups is 1. The summed E-state index contributed by atoms with van der Waals surface area (Å²) in [5.41, 5.74) is 4.71. The lowest BCUT2D eigenvalue weighted by molar-refractivity contribution is -0.141. The Kier molecular flexibility index (Phi) is 5.40. The number of amidine groups is 1. The van der Waals surface area contributed by atoms with Crippen LogP contribution in [0.15, 0.2) is 17.3 Å². The highest BCUT2D eigenvalue weighted by molar-refractivity contribution is 6.01. The first-order valence-corrected chi connectivity index (χ1v) is 6.55. The van der Waals surface area contributed by atoms with Crippen LogP contribution in [-0.4, -0.2) is 28.6 Å². The summed E-state index contributed by atoms with van der Waals surface area (Å²) >= 11 is 0. The summed E-state index contributed by atoms with van der Waals surface area (Å²) in [6.45, 7) is 6.10. The van der Waals surface area contributed by atoms with Gasteiger partial charge in [-0.25, -0.2) is 4.98 Å². The topological polar surface area (TPSA) is 74.7 Å². The van der Waals surface area contributed by atoms with Crippen molar-refractivity contribution in [3.05, 3.63) is 23.4 Å². The third-order valence-corrected chi connectivity index (χ3v) is 2.91. The average molecular weight is 304 g/mol. The lowest BCUT2D eigenvalue weighted by Gasteiger charge is -2.29. The predicted molar refractivity (Wildman–Crippen MR) is 74.5 cm³/mol. The molecule has 0 radical (unpaired) electrons. The number of nitrogens with two attached hydrogens (primary N) is 1. The number of hydrogen-bond donors (Lipinski definition) is 2. The van der Waals surface area contributed by atoms with E-state index >= 15 is 0 Å². The van der Waals surface area contributed by atoms with Crippen molar-refractivity contribution in [2.24, 2.45) is 10.9 Å². The molecular weight excluding hydrogens is 285 g/mol. The van der Waals surface area contributed by atoms with Crippen molar-refractivity contribution in [3.8, 4) is 0 Å². The molecule has 3 N–H and O–H groups in total.